The van der Waals surface area contributed by atoms with Gasteiger partial charge in [0, 0.05) is 39.5 Å². The highest BCUT2D eigenvalue weighted by molar-refractivity contribution is 5.96. The minimum absolute atomic E-state index is 0.112. The van der Waals surface area contributed by atoms with Crippen molar-refractivity contribution in [1.82, 2.24) is 0 Å². The van der Waals surface area contributed by atoms with E-state index in [1.54, 1.807) is 0 Å². The Hall–Kier alpha value is -8.98. The molecule has 11 aromatic carbocycles. The Kier molecular flexibility index (Phi) is 12.1. The molecule has 0 N–H and O–H groups in total. The van der Waals surface area contributed by atoms with E-state index < -0.39 is 0 Å². The number of hydrogen-bond donors (Lipinski definition) is 0. The van der Waals surface area contributed by atoms with Crippen LogP contribution >= 0.6 is 0 Å². The summed E-state index contributed by atoms with van der Waals surface area (Å²) in [5.74, 6) is 2.34. The Balaban J connectivity index is 0.870. The zero-order valence-corrected chi connectivity index (χ0v) is 44.4. The molecule has 3 unspecified atom stereocenters. The van der Waals surface area contributed by atoms with Crippen molar-refractivity contribution in [2.75, 3.05) is 9.80 Å². The summed E-state index contributed by atoms with van der Waals surface area (Å²) in [6, 6.07) is 101. The highest BCUT2D eigenvalue weighted by Gasteiger charge is 2.40. The third-order valence-corrected chi connectivity index (χ3v) is 17.6. The maximum absolute atomic E-state index is 2.51. The molecule has 0 saturated heterocycles. The van der Waals surface area contributed by atoms with E-state index in [-0.39, 0.29) is 5.41 Å². The average molecular weight is 1000 g/mol. The van der Waals surface area contributed by atoms with E-state index in [0.29, 0.717) is 5.92 Å². The molecular formula is C76H62N2. The number of fused-ring (bicyclic) bond motifs is 5. The maximum atomic E-state index is 2.51. The Morgan fingerprint density at radius 2 is 0.705 bits per heavy atom. The van der Waals surface area contributed by atoms with Gasteiger partial charge >= 0.3 is 0 Å². The summed E-state index contributed by atoms with van der Waals surface area (Å²) >= 11 is 0. The second-order valence-electron chi connectivity index (χ2n) is 22.5. The van der Waals surface area contributed by atoms with Crippen LogP contribution in [0.2, 0.25) is 0 Å². The number of nitrogens with zero attached hydrogens (tertiary/aromatic N) is 2. The fourth-order valence-corrected chi connectivity index (χ4v) is 13.7. The van der Waals surface area contributed by atoms with Crippen LogP contribution in [-0.2, 0) is 5.41 Å². The molecule has 0 amide bonds. The SMILES string of the molecule is CC1(C)c2ccccc2-c2ccc(N(c3ccc(-c4cc(-c5ccccc5)c(-c5ccc(N(c6ccccc6)c6ccc(-c7ccccc7)cc6)cc5)cc4-c4ccccc4)cc3)c3cccc(C4CC5CCC4C5)c3)cc21. The van der Waals surface area contributed by atoms with Gasteiger partial charge in [-0.15, -0.1) is 0 Å². The first-order valence-electron chi connectivity index (χ1n) is 28.1. The van der Waals surface area contributed by atoms with Crippen molar-refractivity contribution in [3.8, 4) is 66.8 Å². The number of rotatable bonds is 12. The molecule has 3 aliphatic rings. The Morgan fingerprint density at radius 3 is 1.24 bits per heavy atom. The van der Waals surface area contributed by atoms with Gasteiger partial charge < -0.3 is 9.80 Å². The summed E-state index contributed by atoms with van der Waals surface area (Å²) in [7, 11) is 0. The Morgan fingerprint density at radius 1 is 0.295 bits per heavy atom. The summed E-state index contributed by atoms with van der Waals surface area (Å²) in [4.78, 5) is 4.86. The van der Waals surface area contributed by atoms with Gasteiger partial charge in [-0.25, -0.2) is 0 Å². The standard InChI is InChI=1S/C76H62N2/c1-76(2)74-29-16-15-28-67(74)68-45-44-66(49-75(68)76)78(65-27-17-24-59(48-65)69-47-52-30-31-60(69)46-52)64-42-36-58(37-43-64)73-51-70(55-20-9-4-10-21-55)72(50-71(73)56-22-11-5-12-23-56)57-34-40-63(41-35-57)77(61-25-13-6-14-26-61)62-38-32-54(33-39-62)53-18-7-3-8-19-53/h3-29,32-45,48-52,60,69H,30-31,46-47H2,1-2H3. The molecule has 14 rings (SSSR count). The fourth-order valence-electron chi connectivity index (χ4n) is 13.7. The van der Waals surface area contributed by atoms with Crippen LogP contribution in [0, 0.1) is 11.8 Å². The van der Waals surface area contributed by atoms with Crippen LogP contribution in [-0.4, -0.2) is 0 Å². The van der Waals surface area contributed by atoms with Gasteiger partial charge in [0.05, 0.1) is 0 Å². The van der Waals surface area contributed by atoms with Crippen LogP contribution < -0.4 is 9.80 Å². The molecule has 11 aromatic rings. The molecular weight excluding hydrogens is 941 g/mol. The minimum Gasteiger partial charge on any atom is -0.311 e. The van der Waals surface area contributed by atoms with Gasteiger partial charge in [0.1, 0.15) is 0 Å². The van der Waals surface area contributed by atoms with Gasteiger partial charge in [0.15, 0.2) is 0 Å². The summed E-state index contributed by atoms with van der Waals surface area (Å²) in [6.07, 6.45) is 5.49. The quantitative estimate of drug-likeness (QED) is 0.120. The van der Waals surface area contributed by atoms with Crippen molar-refractivity contribution < 1.29 is 0 Å². The smallest absolute Gasteiger partial charge is 0.0465 e. The highest BCUT2D eigenvalue weighted by Crippen LogP contribution is 2.55. The van der Waals surface area contributed by atoms with Crippen molar-refractivity contribution in [2.45, 2.75) is 50.9 Å². The molecule has 3 atom stereocenters. The van der Waals surface area contributed by atoms with Crippen molar-refractivity contribution in [3.63, 3.8) is 0 Å². The summed E-state index contributed by atoms with van der Waals surface area (Å²) in [5, 5.41) is 0. The average Bonchev–Trinajstić information content (AvgIpc) is 4.40. The van der Waals surface area contributed by atoms with Crippen molar-refractivity contribution >= 4 is 34.1 Å². The second kappa shape index (κ2) is 19.9. The zero-order valence-electron chi connectivity index (χ0n) is 44.4. The van der Waals surface area contributed by atoms with Gasteiger partial charge in [-0.1, -0.05) is 208 Å². The topological polar surface area (TPSA) is 6.48 Å². The highest BCUT2D eigenvalue weighted by atomic mass is 15.1. The van der Waals surface area contributed by atoms with Gasteiger partial charge in [0.25, 0.3) is 0 Å². The molecule has 2 fully saturated rings. The van der Waals surface area contributed by atoms with Crippen molar-refractivity contribution in [3.05, 3.63) is 290 Å². The lowest BCUT2D eigenvalue weighted by Gasteiger charge is -2.30. The van der Waals surface area contributed by atoms with Gasteiger partial charge in [-0.05, 0) is 205 Å². The molecule has 3 aliphatic carbocycles. The van der Waals surface area contributed by atoms with Crippen LogP contribution in [0.1, 0.15) is 62.1 Å². The second-order valence-corrected chi connectivity index (χ2v) is 22.5. The van der Waals surface area contributed by atoms with Gasteiger partial charge in [-0.3, -0.25) is 0 Å². The number of hydrogen-bond acceptors (Lipinski definition) is 2. The molecule has 0 radical (unpaired) electrons. The predicted molar refractivity (Wildman–Crippen MR) is 329 cm³/mol. The van der Waals surface area contributed by atoms with Gasteiger partial charge in [0.2, 0.25) is 0 Å². The van der Waals surface area contributed by atoms with Crippen molar-refractivity contribution in [2.24, 2.45) is 11.8 Å². The first-order chi connectivity index (χ1) is 38.4. The number of anilines is 6. The lowest BCUT2D eigenvalue weighted by molar-refractivity contribution is 0.420. The van der Waals surface area contributed by atoms with Crippen molar-refractivity contribution in [1.29, 1.82) is 0 Å². The summed E-state index contributed by atoms with van der Waals surface area (Å²) in [5.41, 5.74) is 25.6. The normalized spacial score (nSPS) is 16.6. The van der Waals surface area contributed by atoms with Crippen LogP contribution in [0.3, 0.4) is 0 Å². The van der Waals surface area contributed by atoms with Crippen LogP contribution in [0.25, 0.3) is 66.8 Å². The van der Waals surface area contributed by atoms with E-state index in [2.05, 4.69) is 297 Å². The molecule has 2 saturated carbocycles. The third-order valence-electron chi connectivity index (χ3n) is 17.6. The molecule has 0 aliphatic heterocycles. The lowest BCUT2D eigenvalue weighted by atomic mass is 9.82. The molecule has 2 heteroatoms. The molecule has 78 heavy (non-hydrogen) atoms. The van der Waals surface area contributed by atoms with E-state index in [1.807, 2.05) is 0 Å². The fraction of sp³-hybridized carbons (Fsp3) is 0.132. The summed E-state index contributed by atoms with van der Waals surface area (Å²) < 4.78 is 0. The number of benzene rings is 11. The monoisotopic (exact) mass is 1000 g/mol. The molecule has 0 spiro atoms. The number of para-hydroxylation sites is 1. The Labute approximate surface area is 460 Å². The molecule has 2 nitrogen and oxygen atoms in total. The van der Waals surface area contributed by atoms with E-state index in [1.165, 1.54) is 115 Å². The maximum Gasteiger partial charge on any atom is 0.0465 e. The Bertz CT molecular complexity index is 3920. The van der Waals surface area contributed by atoms with E-state index in [4.69, 9.17) is 0 Å². The van der Waals surface area contributed by atoms with Crippen LogP contribution in [0.5, 0.6) is 0 Å². The molecule has 0 aromatic heterocycles. The van der Waals surface area contributed by atoms with Gasteiger partial charge in [-0.2, -0.15) is 0 Å². The van der Waals surface area contributed by atoms with E-state index >= 15 is 0 Å². The van der Waals surface area contributed by atoms with E-state index in [9.17, 15) is 0 Å². The largest absolute Gasteiger partial charge is 0.311 e. The first-order valence-corrected chi connectivity index (χ1v) is 28.1. The molecule has 0 heterocycles. The summed E-state index contributed by atoms with van der Waals surface area (Å²) in [6.45, 7) is 4.77. The lowest BCUT2D eigenvalue weighted by Crippen LogP contribution is -2.17. The minimum atomic E-state index is -0.112. The molecule has 2 bridgehead atoms. The third kappa shape index (κ3) is 8.63. The van der Waals surface area contributed by atoms with Crippen LogP contribution in [0.15, 0.2) is 273 Å². The molecule has 376 valence electrons. The first kappa shape index (κ1) is 47.5. The zero-order chi connectivity index (χ0) is 52.2. The predicted octanol–water partition coefficient (Wildman–Crippen LogP) is 21.2. The van der Waals surface area contributed by atoms with E-state index in [0.717, 1.165) is 40.1 Å². The van der Waals surface area contributed by atoms with Crippen LogP contribution in [0.4, 0.5) is 34.1 Å².